The van der Waals surface area contributed by atoms with Gasteiger partial charge in [-0.2, -0.15) is 0 Å². The molecule has 25 heavy (non-hydrogen) atoms. The SMILES string of the molecule is COC(=O)c1ccc(CN2CCC(c3nnc4ccccn34)CC2)o1. The summed E-state index contributed by atoms with van der Waals surface area (Å²) < 4.78 is 12.3. The molecule has 0 aliphatic carbocycles. The zero-order valence-corrected chi connectivity index (χ0v) is 14.1. The van der Waals surface area contributed by atoms with Crippen LogP contribution in [0.5, 0.6) is 0 Å². The average Bonchev–Trinajstić information content (AvgIpc) is 3.29. The Morgan fingerprint density at radius 2 is 2.08 bits per heavy atom. The molecule has 0 saturated carbocycles. The predicted molar refractivity (Wildman–Crippen MR) is 90.3 cm³/mol. The molecule has 7 heteroatoms. The minimum atomic E-state index is -0.441. The number of aromatic nitrogens is 3. The Hall–Kier alpha value is -2.67. The van der Waals surface area contributed by atoms with Crippen molar-refractivity contribution >= 4 is 11.6 Å². The van der Waals surface area contributed by atoms with Gasteiger partial charge in [-0.25, -0.2) is 4.79 Å². The summed E-state index contributed by atoms with van der Waals surface area (Å²) in [6, 6.07) is 9.45. The van der Waals surface area contributed by atoms with Crippen LogP contribution in [0.2, 0.25) is 0 Å². The van der Waals surface area contributed by atoms with Gasteiger partial charge in [0.25, 0.3) is 0 Å². The van der Waals surface area contributed by atoms with Crippen molar-refractivity contribution < 1.29 is 13.9 Å². The van der Waals surface area contributed by atoms with Gasteiger partial charge in [-0.15, -0.1) is 10.2 Å². The van der Waals surface area contributed by atoms with Gasteiger partial charge >= 0.3 is 5.97 Å². The number of pyridine rings is 1. The summed E-state index contributed by atoms with van der Waals surface area (Å²) in [5, 5.41) is 8.63. The number of methoxy groups -OCH3 is 1. The first-order valence-corrected chi connectivity index (χ1v) is 8.43. The monoisotopic (exact) mass is 340 g/mol. The Morgan fingerprint density at radius 3 is 2.88 bits per heavy atom. The molecule has 3 aromatic rings. The van der Waals surface area contributed by atoms with Crippen molar-refractivity contribution in [3.63, 3.8) is 0 Å². The first-order chi connectivity index (χ1) is 12.2. The lowest BCUT2D eigenvalue weighted by Gasteiger charge is -2.30. The maximum Gasteiger partial charge on any atom is 0.373 e. The molecule has 4 rings (SSSR count). The molecule has 0 bridgehead atoms. The first kappa shape index (κ1) is 15.8. The number of piperidine rings is 1. The Morgan fingerprint density at radius 1 is 1.24 bits per heavy atom. The van der Waals surface area contributed by atoms with Crippen LogP contribution in [0.3, 0.4) is 0 Å². The van der Waals surface area contributed by atoms with Crippen LogP contribution in [0.4, 0.5) is 0 Å². The third-order valence-corrected chi connectivity index (χ3v) is 4.72. The molecule has 1 fully saturated rings. The van der Waals surface area contributed by atoms with E-state index in [0.717, 1.165) is 43.2 Å². The van der Waals surface area contributed by atoms with Crippen LogP contribution in [0.15, 0.2) is 40.9 Å². The fourth-order valence-corrected chi connectivity index (χ4v) is 3.38. The van der Waals surface area contributed by atoms with Crippen molar-refractivity contribution in [2.24, 2.45) is 0 Å². The summed E-state index contributed by atoms with van der Waals surface area (Å²) in [4.78, 5) is 13.8. The van der Waals surface area contributed by atoms with Crippen molar-refractivity contribution in [3.05, 3.63) is 53.9 Å². The zero-order chi connectivity index (χ0) is 17.2. The van der Waals surface area contributed by atoms with Crippen molar-refractivity contribution in [2.75, 3.05) is 20.2 Å². The lowest BCUT2D eigenvalue weighted by Crippen LogP contribution is -2.32. The quantitative estimate of drug-likeness (QED) is 0.680. The molecular formula is C18H20N4O3. The number of esters is 1. The summed E-state index contributed by atoms with van der Waals surface area (Å²) in [5.41, 5.74) is 0.894. The molecule has 3 aromatic heterocycles. The number of nitrogens with zero attached hydrogens (tertiary/aromatic N) is 4. The zero-order valence-electron chi connectivity index (χ0n) is 14.1. The number of hydrogen-bond acceptors (Lipinski definition) is 6. The van der Waals surface area contributed by atoms with Gasteiger partial charge < -0.3 is 9.15 Å². The second-order valence-electron chi connectivity index (χ2n) is 6.30. The number of carbonyl (C=O) groups excluding carboxylic acids is 1. The van der Waals surface area contributed by atoms with Crippen LogP contribution < -0.4 is 0 Å². The fourth-order valence-electron chi connectivity index (χ4n) is 3.38. The second-order valence-corrected chi connectivity index (χ2v) is 6.30. The van der Waals surface area contributed by atoms with Crippen molar-refractivity contribution in [1.29, 1.82) is 0 Å². The molecule has 1 aliphatic rings. The summed E-state index contributed by atoms with van der Waals surface area (Å²) in [6.07, 6.45) is 4.08. The number of carbonyl (C=O) groups is 1. The van der Waals surface area contributed by atoms with E-state index in [1.807, 2.05) is 30.5 Å². The maximum absolute atomic E-state index is 11.5. The molecule has 0 spiro atoms. The molecule has 130 valence electrons. The first-order valence-electron chi connectivity index (χ1n) is 8.43. The smallest absolute Gasteiger partial charge is 0.373 e. The van der Waals surface area contributed by atoms with E-state index >= 15 is 0 Å². The predicted octanol–water partition coefficient (Wildman–Crippen LogP) is 2.49. The van der Waals surface area contributed by atoms with E-state index in [0.29, 0.717) is 12.5 Å². The molecule has 0 N–H and O–H groups in total. The third kappa shape index (κ3) is 3.15. The Balaban J connectivity index is 1.38. The second kappa shape index (κ2) is 6.68. The van der Waals surface area contributed by atoms with Crippen LogP contribution in [-0.4, -0.2) is 45.7 Å². The lowest BCUT2D eigenvalue weighted by atomic mass is 9.96. The fraction of sp³-hybridized carbons (Fsp3) is 0.389. The van der Waals surface area contributed by atoms with Crippen LogP contribution in [0, 0.1) is 0 Å². The molecule has 7 nitrogen and oxygen atoms in total. The van der Waals surface area contributed by atoms with Crippen LogP contribution in [-0.2, 0) is 11.3 Å². The molecule has 4 heterocycles. The van der Waals surface area contributed by atoms with Gasteiger partial charge in [0, 0.05) is 12.1 Å². The molecule has 1 saturated heterocycles. The number of ether oxygens (including phenoxy) is 1. The molecular weight excluding hydrogens is 320 g/mol. The van der Waals surface area contributed by atoms with Crippen LogP contribution in [0.1, 0.15) is 40.9 Å². The van der Waals surface area contributed by atoms with Crippen molar-refractivity contribution in [1.82, 2.24) is 19.5 Å². The summed E-state index contributed by atoms with van der Waals surface area (Å²) in [6.45, 7) is 2.62. The minimum Gasteiger partial charge on any atom is -0.463 e. The van der Waals surface area contributed by atoms with Crippen molar-refractivity contribution in [2.45, 2.75) is 25.3 Å². The van der Waals surface area contributed by atoms with Gasteiger partial charge in [0.2, 0.25) is 5.76 Å². The number of hydrogen-bond donors (Lipinski definition) is 0. The Labute approximate surface area is 145 Å². The van der Waals surface area contributed by atoms with Crippen LogP contribution >= 0.6 is 0 Å². The van der Waals surface area contributed by atoms with E-state index in [2.05, 4.69) is 24.2 Å². The number of likely N-dealkylation sites (tertiary alicyclic amines) is 1. The van der Waals surface area contributed by atoms with E-state index < -0.39 is 5.97 Å². The van der Waals surface area contributed by atoms with Gasteiger partial charge in [0.05, 0.1) is 13.7 Å². The highest BCUT2D eigenvalue weighted by Gasteiger charge is 2.25. The number of fused-ring (bicyclic) bond motifs is 1. The topological polar surface area (TPSA) is 72.9 Å². The molecule has 0 radical (unpaired) electrons. The molecule has 0 atom stereocenters. The average molecular weight is 340 g/mol. The molecule has 0 unspecified atom stereocenters. The van der Waals surface area contributed by atoms with Gasteiger partial charge in [-0.1, -0.05) is 6.07 Å². The number of rotatable bonds is 4. The highest BCUT2D eigenvalue weighted by Crippen LogP contribution is 2.28. The normalized spacial score (nSPS) is 16.4. The standard InChI is InChI=1S/C18H20N4O3/c1-24-18(23)15-6-5-14(25-15)12-21-10-7-13(8-11-21)17-20-19-16-4-2-3-9-22(16)17/h2-6,9,13H,7-8,10-12H2,1H3. The molecule has 0 aromatic carbocycles. The Bertz CT molecular complexity index is 877. The van der Waals surface area contributed by atoms with Gasteiger partial charge in [-0.3, -0.25) is 9.30 Å². The molecule has 0 amide bonds. The van der Waals surface area contributed by atoms with E-state index in [-0.39, 0.29) is 5.76 Å². The third-order valence-electron chi connectivity index (χ3n) is 4.72. The minimum absolute atomic E-state index is 0.252. The highest BCUT2D eigenvalue weighted by atomic mass is 16.5. The van der Waals surface area contributed by atoms with Gasteiger partial charge in [0.1, 0.15) is 11.6 Å². The summed E-state index contributed by atoms with van der Waals surface area (Å²) in [5.74, 6) is 2.05. The van der Waals surface area contributed by atoms with E-state index in [1.54, 1.807) is 6.07 Å². The van der Waals surface area contributed by atoms with E-state index in [4.69, 9.17) is 4.42 Å². The van der Waals surface area contributed by atoms with Gasteiger partial charge in [0.15, 0.2) is 5.65 Å². The summed E-state index contributed by atoms with van der Waals surface area (Å²) >= 11 is 0. The highest BCUT2D eigenvalue weighted by molar-refractivity contribution is 5.86. The number of furan rings is 1. The maximum atomic E-state index is 11.5. The lowest BCUT2D eigenvalue weighted by molar-refractivity contribution is 0.0560. The Kier molecular flexibility index (Phi) is 4.23. The summed E-state index contributed by atoms with van der Waals surface area (Å²) in [7, 11) is 1.35. The van der Waals surface area contributed by atoms with E-state index in [1.165, 1.54) is 7.11 Å². The molecule has 1 aliphatic heterocycles. The largest absolute Gasteiger partial charge is 0.463 e. The van der Waals surface area contributed by atoms with Crippen molar-refractivity contribution in [3.8, 4) is 0 Å². The van der Waals surface area contributed by atoms with Crippen LogP contribution in [0.25, 0.3) is 5.65 Å². The van der Waals surface area contributed by atoms with Gasteiger partial charge in [-0.05, 0) is 50.2 Å². The van der Waals surface area contributed by atoms with E-state index in [9.17, 15) is 4.79 Å².